The van der Waals surface area contributed by atoms with Crippen molar-refractivity contribution >= 4 is 23.2 Å². The van der Waals surface area contributed by atoms with Crippen LogP contribution in [0, 0.1) is 0 Å². The molecule has 0 saturated heterocycles. The molecule has 0 aliphatic heterocycles. The number of carboxylic acid groups (broad SMARTS) is 1. The molecule has 4 N–H and O–H groups in total. The fourth-order valence-electron chi connectivity index (χ4n) is 0.719. The molecule has 1 aromatic rings. The van der Waals surface area contributed by atoms with Crippen LogP contribution in [0.15, 0.2) is 11.4 Å². The second-order valence-electron chi connectivity index (χ2n) is 1.94. The third-order valence-corrected chi connectivity index (χ3v) is 2.15. The normalized spacial score (nSPS) is 9.42. The summed E-state index contributed by atoms with van der Waals surface area (Å²) in [5.41, 5.74) is 1.85. The van der Waals surface area contributed by atoms with E-state index >= 15 is 0 Å². The summed E-state index contributed by atoms with van der Waals surface area (Å²) in [6.07, 6.45) is 0. The average Bonchev–Trinajstić information content (AvgIpc) is 2.50. The van der Waals surface area contributed by atoms with Gasteiger partial charge in [0, 0.05) is 0 Å². The lowest BCUT2D eigenvalue weighted by Crippen LogP contribution is -2.30. The predicted octanol–water partition coefficient (Wildman–Crippen LogP) is 0.0498. The molecule has 1 heterocycles. The number of rotatable bonds is 2. The molecular weight excluding hydrogens is 180 g/mol. The molecule has 0 fully saturated rings. The van der Waals surface area contributed by atoms with Crippen LogP contribution < -0.4 is 11.3 Å². The van der Waals surface area contributed by atoms with Crippen LogP contribution in [-0.4, -0.2) is 17.0 Å². The highest BCUT2D eigenvalue weighted by atomic mass is 32.1. The van der Waals surface area contributed by atoms with Gasteiger partial charge in [0.15, 0.2) is 0 Å². The monoisotopic (exact) mass is 186 g/mol. The molecule has 0 aromatic carbocycles. The highest BCUT2D eigenvalue weighted by Gasteiger charge is 2.16. The zero-order valence-corrected chi connectivity index (χ0v) is 6.72. The summed E-state index contributed by atoms with van der Waals surface area (Å²) in [6.45, 7) is 0. The molecule has 0 radical (unpaired) electrons. The largest absolute Gasteiger partial charge is 0.478 e. The van der Waals surface area contributed by atoms with E-state index in [1.165, 1.54) is 11.4 Å². The second kappa shape index (κ2) is 3.33. The lowest BCUT2D eigenvalue weighted by Gasteiger charge is -1.96. The molecule has 0 aliphatic carbocycles. The smallest absolute Gasteiger partial charge is 0.337 e. The first-order valence-electron chi connectivity index (χ1n) is 2.98. The minimum atomic E-state index is -1.13. The van der Waals surface area contributed by atoms with Crippen molar-refractivity contribution in [3.8, 4) is 0 Å². The number of hydrogen-bond donors (Lipinski definition) is 3. The number of carboxylic acids is 1. The molecule has 0 bridgehead atoms. The van der Waals surface area contributed by atoms with Gasteiger partial charge >= 0.3 is 5.97 Å². The van der Waals surface area contributed by atoms with E-state index in [9.17, 15) is 9.59 Å². The summed E-state index contributed by atoms with van der Waals surface area (Å²) in [4.78, 5) is 21.5. The summed E-state index contributed by atoms with van der Waals surface area (Å²) in [6, 6.07) is 1.36. The van der Waals surface area contributed by atoms with Crippen molar-refractivity contribution in [3.63, 3.8) is 0 Å². The summed E-state index contributed by atoms with van der Waals surface area (Å²) in [5.74, 6) is 3.14. The summed E-state index contributed by atoms with van der Waals surface area (Å²) >= 11 is 1.04. The Balaban J connectivity index is 3.07. The minimum absolute atomic E-state index is 0.0250. The van der Waals surface area contributed by atoms with Crippen LogP contribution in [0.4, 0.5) is 0 Å². The van der Waals surface area contributed by atoms with E-state index in [-0.39, 0.29) is 10.4 Å². The number of hydrogen-bond acceptors (Lipinski definition) is 4. The van der Waals surface area contributed by atoms with E-state index < -0.39 is 11.9 Å². The van der Waals surface area contributed by atoms with Gasteiger partial charge in [-0.25, -0.2) is 10.6 Å². The zero-order chi connectivity index (χ0) is 9.14. The number of aromatic carboxylic acids is 1. The van der Waals surface area contributed by atoms with Crippen molar-refractivity contribution in [2.75, 3.05) is 0 Å². The maximum atomic E-state index is 10.9. The van der Waals surface area contributed by atoms with Gasteiger partial charge in [0.25, 0.3) is 5.91 Å². The topological polar surface area (TPSA) is 92.4 Å². The molecule has 1 aromatic heterocycles. The molecule has 0 spiro atoms. The van der Waals surface area contributed by atoms with Crippen LogP contribution in [-0.2, 0) is 0 Å². The lowest BCUT2D eigenvalue weighted by molar-refractivity contribution is 0.0692. The highest BCUT2D eigenvalue weighted by molar-refractivity contribution is 7.12. The van der Waals surface area contributed by atoms with Gasteiger partial charge in [0.1, 0.15) is 4.88 Å². The molecule has 0 aliphatic rings. The molecular formula is C6H6N2O3S. The molecule has 64 valence electrons. The number of thiophene rings is 1. The van der Waals surface area contributed by atoms with Crippen molar-refractivity contribution in [2.24, 2.45) is 5.84 Å². The Morgan fingerprint density at radius 2 is 2.25 bits per heavy atom. The molecule has 12 heavy (non-hydrogen) atoms. The van der Waals surface area contributed by atoms with Crippen LogP contribution in [0.2, 0.25) is 0 Å². The van der Waals surface area contributed by atoms with Gasteiger partial charge in [-0.3, -0.25) is 10.2 Å². The number of amides is 1. The molecule has 0 atom stereocenters. The van der Waals surface area contributed by atoms with Crippen LogP contribution in [0.3, 0.4) is 0 Å². The van der Waals surface area contributed by atoms with E-state index in [1.54, 1.807) is 0 Å². The van der Waals surface area contributed by atoms with Crippen LogP contribution >= 0.6 is 11.3 Å². The van der Waals surface area contributed by atoms with Gasteiger partial charge in [-0.05, 0) is 11.4 Å². The summed E-state index contributed by atoms with van der Waals surface area (Å²) in [7, 11) is 0. The maximum Gasteiger partial charge on any atom is 0.337 e. The highest BCUT2D eigenvalue weighted by Crippen LogP contribution is 2.15. The van der Waals surface area contributed by atoms with Gasteiger partial charge in [-0.1, -0.05) is 0 Å². The van der Waals surface area contributed by atoms with Gasteiger partial charge < -0.3 is 5.11 Å². The Morgan fingerprint density at radius 3 is 2.75 bits per heavy atom. The maximum absolute atomic E-state index is 10.9. The Labute approximate surface area is 71.8 Å². The van der Waals surface area contributed by atoms with Crippen LogP contribution in [0.25, 0.3) is 0 Å². The predicted molar refractivity (Wildman–Crippen MR) is 42.9 cm³/mol. The lowest BCUT2D eigenvalue weighted by atomic mass is 10.2. The van der Waals surface area contributed by atoms with Crippen LogP contribution in [0.5, 0.6) is 0 Å². The van der Waals surface area contributed by atoms with Crippen molar-refractivity contribution < 1.29 is 14.7 Å². The van der Waals surface area contributed by atoms with Gasteiger partial charge in [-0.15, -0.1) is 11.3 Å². The van der Waals surface area contributed by atoms with E-state index in [0.717, 1.165) is 11.3 Å². The third kappa shape index (κ3) is 1.44. The summed E-state index contributed by atoms with van der Waals surface area (Å²) in [5, 5.41) is 10.1. The average molecular weight is 186 g/mol. The first kappa shape index (κ1) is 8.69. The van der Waals surface area contributed by atoms with E-state index in [0.29, 0.717) is 0 Å². The first-order chi connectivity index (χ1) is 5.66. The number of nitrogen functional groups attached to an aromatic ring is 1. The van der Waals surface area contributed by atoms with Gasteiger partial charge in [-0.2, -0.15) is 0 Å². The minimum Gasteiger partial charge on any atom is -0.478 e. The molecule has 1 rings (SSSR count). The number of hydrazine groups is 1. The van der Waals surface area contributed by atoms with Gasteiger partial charge in [0.05, 0.1) is 5.56 Å². The van der Waals surface area contributed by atoms with Crippen molar-refractivity contribution in [2.45, 2.75) is 0 Å². The van der Waals surface area contributed by atoms with Crippen LogP contribution in [0.1, 0.15) is 20.0 Å². The van der Waals surface area contributed by atoms with Crippen molar-refractivity contribution in [3.05, 3.63) is 21.9 Å². The Bertz CT molecular complexity index is 320. The molecule has 5 nitrogen and oxygen atoms in total. The fraction of sp³-hybridized carbons (Fsp3) is 0. The van der Waals surface area contributed by atoms with Crippen molar-refractivity contribution in [1.29, 1.82) is 0 Å². The molecule has 6 heteroatoms. The Kier molecular flexibility index (Phi) is 2.41. The number of carbonyl (C=O) groups excluding carboxylic acids is 1. The van der Waals surface area contributed by atoms with Gasteiger partial charge in [0.2, 0.25) is 0 Å². The Morgan fingerprint density at radius 1 is 1.58 bits per heavy atom. The van der Waals surface area contributed by atoms with Crippen molar-refractivity contribution in [1.82, 2.24) is 5.43 Å². The summed E-state index contributed by atoms with van der Waals surface area (Å²) < 4.78 is 0. The number of carbonyl (C=O) groups is 2. The standard InChI is InChI=1S/C6H6N2O3S/c7-8-5(9)4-3(6(10)11)1-2-12-4/h1-2H,7H2,(H,8,9)(H,10,11). The Hall–Kier alpha value is -1.40. The zero-order valence-electron chi connectivity index (χ0n) is 5.90. The van der Waals surface area contributed by atoms with E-state index in [4.69, 9.17) is 10.9 Å². The number of nitrogens with two attached hydrogens (primary N) is 1. The second-order valence-corrected chi connectivity index (χ2v) is 2.86. The van der Waals surface area contributed by atoms with E-state index in [2.05, 4.69) is 0 Å². The fourth-order valence-corrected chi connectivity index (χ4v) is 1.51. The quantitative estimate of drug-likeness (QED) is 0.345. The first-order valence-corrected chi connectivity index (χ1v) is 3.86. The molecule has 0 saturated carbocycles. The van der Waals surface area contributed by atoms with E-state index in [1.807, 2.05) is 5.43 Å². The third-order valence-electron chi connectivity index (χ3n) is 1.23. The SMILES string of the molecule is NNC(=O)c1sccc1C(=O)O. The number of nitrogens with one attached hydrogen (secondary N) is 1. The molecule has 1 amide bonds. The molecule has 0 unspecified atom stereocenters.